The number of aryl methyl sites for hydroxylation is 1. The topological polar surface area (TPSA) is 29.9 Å². The summed E-state index contributed by atoms with van der Waals surface area (Å²) in [7, 11) is 0. The molecule has 0 aliphatic rings. The Kier molecular flexibility index (Phi) is 4.59. The van der Waals surface area contributed by atoms with Crippen molar-refractivity contribution >= 4 is 17.4 Å². The minimum absolute atomic E-state index is 0.104. The molecular formula is C13H14F3N3S. The van der Waals surface area contributed by atoms with Crippen molar-refractivity contribution in [3.05, 3.63) is 42.2 Å². The molecule has 0 saturated carbocycles. The van der Waals surface area contributed by atoms with Gasteiger partial charge in [0, 0.05) is 24.2 Å². The highest BCUT2D eigenvalue weighted by atomic mass is 32.2. The average Bonchev–Trinajstić information content (AvgIpc) is 2.84. The van der Waals surface area contributed by atoms with E-state index in [1.54, 1.807) is 23.0 Å². The first-order valence-electron chi connectivity index (χ1n) is 6.07. The molecule has 20 heavy (non-hydrogen) atoms. The highest BCUT2D eigenvalue weighted by Crippen LogP contribution is 2.36. The summed E-state index contributed by atoms with van der Waals surface area (Å²) in [6.45, 7) is 3.34. The lowest BCUT2D eigenvalue weighted by Crippen LogP contribution is -2.00. The van der Waals surface area contributed by atoms with Gasteiger partial charge in [-0.25, -0.2) is 0 Å². The standard InChI is InChI=1S/C13H14F3N3S/c1-2-19-9-11(8-18-19)17-7-10-3-5-12(6-4-10)20-13(14,15)16/h3-6,8-9,17H,2,7H2,1H3. The molecule has 2 aromatic rings. The summed E-state index contributed by atoms with van der Waals surface area (Å²) in [6.07, 6.45) is 3.60. The number of nitrogens with zero attached hydrogens (tertiary/aromatic N) is 2. The van der Waals surface area contributed by atoms with Gasteiger partial charge < -0.3 is 5.32 Å². The number of aromatic nitrogens is 2. The quantitative estimate of drug-likeness (QED) is 0.842. The van der Waals surface area contributed by atoms with Gasteiger partial charge in [-0.2, -0.15) is 18.3 Å². The van der Waals surface area contributed by atoms with Crippen molar-refractivity contribution in [2.24, 2.45) is 0 Å². The number of thioether (sulfide) groups is 1. The number of alkyl halides is 3. The van der Waals surface area contributed by atoms with Crippen molar-refractivity contribution in [1.29, 1.82) is 0 Å². The number of rotatable bonds is 5. The predicted molar refractivity (Wildman–Crippen MR) is 73.6 cm³/mol. The number of benzene rings is 1. The van der Waals surface area contributed by atoms with Gasteiger partial charge in [0.1, 0.15) is 0 Å². The van der Waals surface area contributed by atoms with Gasteiger partial charge >= 0.3 is 5.51 Å². The molecule has 0 spiro atoms. The third-order valence-corrected chi connectivity index (χ3v) is 3.35. The van der Waals surface area contributed by atoms with Crippen LogP contribution in [0, 0.1) is 0 Å². The van der Waals surface area contributed by atoms with E-state index >= 15 is 0 Å². The van der Waals surface area contributed by atoms with Gasteiger partial charge in [0.15, 0.2) is 0 Å². The number of hydrogen-bond acceptors (Lipinski definition) is 3. The molecule has 0 bridgehead atoms. The summed E-state index contributed by atoms with van der Waals surface area (Å²) >= 11 is -0.104. The molecule has 108 valence electrons. The lowest BCUT2D eigenvalue weighted by Gasteiger charge is -2.07. The Bertz CT molecular complexity index is 549. The third kappa shape index (κ3) is 4.48. The van der Waals surface area contributed by atoms with Crippen molar-refractivity contribution < 1.29 is 13.2 Å². The largest absolute Gasteiger partial charge is 0.446 e. The molecule has 0 radical (unpaired) electrons. The molecule has 1 aromatic heterocycles. The fraction of sp³-hybridized carbons (Fsp3) is 0.308. The Labute approximate surface area is 119 Å². The Morgan fingerprint density at radius 1 is 1.25 bits per heavy atom. The Morgan fingerprint density at radius 3 is 2.50 bits per heavy atom. The van der Waals surface area contributed by atoms with Crippen LogP contribution in [0.3, 0.4) is 0 Å². The molecule has 0 fully saturated rings. The molecule has 1 N–H and O–H groups in total. The highest BCUT2D eigenvalue weighted by molar-refractivity contribution is 8.00. The number of anilines is 1. The van der Waals surface area contributed by atoms with E-state index in [-0.39, 0.29) is 16.7 Å². The van der Waals surface area contributed by atoms with Crippen LogP contribution >= 0.6 is 11.8 Å². The van der Waals surface area contributed by atoms with E-state index in [1.165, 1.54) is 12.1 Å². The van der Waals surface area contributed by atoms with Gasteiger partial charge in [0.2, 0.25) is 0 Å². The van der Waals surface area contributed by atoms with Crippen LogP contribution in [0.25, 0.3) is 0 Å². The third-order valence-electron chi connectivity index (χ3n) is 2.61. The van der Waals surface area contributed by atoms with Crippen molar-refractivity contribution in [1.82, 2.24) is 9.78 Å². The maximum atomic E-state index is 12.2. The maximum absolute atomic E-state index is 12.2. The van der Waals surface area contributed by atoms with Crippen LogP contribution in [0.2, 0.25) is 0 Å². The van der Waals surface area contributed by atoms with Crippen LogP contribution in [0.4, 0.5) is 18.9 Å². The van der Waals surface area contributed by atoms with Gasteiger partial charge in [0.05, 0.1) is 11.9 Å². The van der Waals surface area contributed by atoms with Gasteiger partial charge in [0.25, 0.3) is 0 Å². The summed E-state index contributed by atoms with van der Waals surface area (Å²) in [5, 5.41) is 7.30. The van der Waals surface area contributed by atoms with Crippen LogP contribution < -0.4 is 5.32 Å². The van der Waals surface area contributed by atoms with E-state index in [4.69, 9.17) is 0 Å². The number of hydrogen-bond donors (Lipinski definition) is 1. The number of halogens is 3. The first kappa shape index (κ1) is 14.8. The minimum Gasteiger partial charge on any atom is -0.378 e. The van der Waals surface area contributed by atoms with Crippen LogP contribution in [0.15, 0.2) is 41.6 Å². The minimum atomic E-state index is -4.24. The van der Waals surface area contributed by atoms with Crippen molar-refractivity contribution in [3.63, 3.8) is 0 Å². The van der Waals surface area contributed by atoms with Gasteiger partial charge in [-0.3, -0.25) is 4.68 Å². The number of nitrogens with one attached hydrogen (secondary N) is 1. The molecule has 1 aromatic carbocycles. The van der Waals surface area contributed by atoms with Crippen LogP contribution in [-0.4, -0.2) is 15.3 Å². The lowest BCUT2D eigenvalue weighted by atomic mass is 10.2. The predicted octanol–water partition coefficient (Wildman–Crippen LogP) is 4.13. The Balaban J connectivity index is 1.90. The zero-order chi connectivity index (χ0) is 14.6. The van der Waals surface area contributed by atoms with Crippen LogP contribution in [0.1, 0.15) is 12.5 Å². The van der Waals surface area contributed by atoms with Crippen molar-refractivity contribution in [3.8, 4) is 0 Å². The van der Waals surface area contributed by atoms with E-state index in [9.17, 15) is 13.2 Å². The normalized spacial score (nSPS) is 11.6. The van der Waals surface area contributed by atoms with E-state index in [1.807, 2.05) is 13.1 Å². The molecule has 2 rings (SSSR count). The molecule has 0 aliphatic carbocycles. The molecule has 0 amide bonds. The van der Waals surface area contributed by atoms with Crippen LogP contribution in [-0.2, 0) is 13.1 Å². The summed E-state index contributed by atoms with van der Waals surface area (Å²) in [6, 6.07) is 6.33. The van der Waals surface area contributed by atoms with E-state index in [0.29, 0.717) is 6.54 Å². The van der Waals surface area contributed by atoms with Gasteiger partial charge in [-0.15, -0.1) is 0 Å². The first-order chi connectivity index (χ1) is 9.46. The maximum Gasteiger partial charge on any atom is 0.446 e. The first-order valence-corrected chi connectivity index (χ1v) is 6.89. The average molecular weight is 301 g/mol. The molecule has 0 saturated heterocycles. The molecule has 0 atom stereocenters. The monoisotopic (exact) mass is 301 g/mol. The second kappa shape index (κ2) is 6.21. The zero-order valence-electron chi connectivity index (χ0n) is 10.8. The van der Waals surface area contributed by atoms with Gasteiger partial charge in [-0.1, -0.05) is 12.1 Å². The Hall–Kier alpha value is -1.63. The smallest absolute Gasteiger partial charge is 0.378 e. The van der Waals surface area contributed by atoms with Crippen molar-refractivity contribution in [2.75, 3.05) is 5.32 Å². The van der Waals surface area contributed by atoms with Gasteiger partial charge in [-0.05, 0) is 36.4 Å². The second-order valence-electron chi connectivity index (χ2n) is 4.13. The molecule has 1 heterocycles. The summed E-state index contributed by atoms with van der Waals surface area (Å²) in [5.41, 5.74) is -2.43. The summed E-state index contributed by atoms with van der Waals surface area (Å²) in [5.74, 6) is 0. The van der Waals surface area contributed by atoms with Crippen LogP contribution in [0.5, 0.6) is 0 Å². The fourth-order valence-corrected chi connectivity index (χ4v) is 2.18. The molecule has 3 nitrogen and oxygen atoms in total. The fourth-order valence-electron chi connectivity index (χ4n) is 1.64. The SMILES string of the molecule is CCn1cc(NCc2ccc(SC(F)(F)F)cc2)cn1. The van der Waals surface area contributed by atoms with E-state index in [2.05, 4.69) is 10.4 Å². The van der Waals surface area contributed by atoms with E-state index in [0.717, 1.165) is 17.8 Å². The lowest BCUT2D eigenvalue weighted by molar-refractivity contribution is -0.0328. The van der Waals surface area contributed by atoms with Crippen molar-refractivity contribution in [2.45, 2.75) is 30.4 Å². The highest BCUT2D eigenvalue weighted by Gasteiger charge is 2.28. The van der Waals surface area contributed by atoms with E-state index < -0.39 is 5.51 Å². The molecule has 7 heteroatoms. The summed E-state index contributed by atoms with van der Waals surface area (Å²) in [4.78, 5) is 0.194. The second-order valence-corrected chi connectivity index (χ2v) is 5.27. The molecular weight excluding hydrogens is 287 g/mol. The molecule has 0 unspecified atom stereocenters. The summed E-state index contributed by atoms with van der Waals surface area (Å²) < 4.78 is 38.4. The zero-order valence-corrected chi connectivity index (χ0v) is 11.6. The Morgan fingerprint density at radius 2 is 1.95 bits per heavy atom. The molecule has 0 aliphatic heterocycles.